The number of likely N-dealkylation sites (tertiary alicyclic amines) is 1. The second-order valence-electron chi connectivity index (χ2n) is 4.80. The molecule has 1 amide bonds. The second-order valence-corrected chi connectivity index (χ2v) is 4.80. The molecule has 98 valence electrons. The first-order valence-corrected chi connectivity index (χ1v) is 6.11. The van der Waals surface area contributed by atoms with Crippen molar-refractivity contribution < 1.29 is 14.3 Å². The quantitative estimate of drug-likeness (QED) is 0.738. The molecule has 2 unspecified atom stereocenters. The third-order valence-corrected chi connectivity index (χ3v) is 3.46. The van der Waals surface area contributed by atoms with Crippen LogP contribution in [-0.2, 0) is 14.3 Å². The summed E-state index contributed by atoms with van der Waals surface area (Å²) in [6, 6.07) is -0.462. The molecule has 0 spiro atoms. The number of rotatable bonds is 3. The summed E-state index contributed by atoms with van der Waals surface area (Å²) in [6.07, 6.45) is 3.07. The zero-order valence-electron chi connectivity index (χ0n) is 10.9. The van der Waals surface area contributed by atoms with E-state index in [0.29, 0.717) is 19.4 Å². The maximum atomic E-state index is 12.3. The van der Waals surface area contributed by atoms with Crippen LogP contribution in [0.25, 0.3) is 0 Å². The lowest BCUT2D eigenvalue weighted by molar-refractivity contribution is -0.156. The molecule has 17 heavy (non-hydrogen) atoms. The molecule has 2 atom stereocenters. The molecule has 0 aromatic carbocycles. The van der Waals surface area contributed by atoms with E-state index in [-0.39, 0.29) is 11.9 Å². The Morgan fingerprint density at radius 2 is 2.12 bits per heavy atom. The number of carbonyl (C=O) groups is 2. The zero-order valence-corrected chi connectivity index (χ0v) is 10.9. The minimum absolute atomic E-state index is 0.157. The Hall–Kier alpha value is -1.10. The number of hydrogen-bond donors (Lipinski definition) is 1. The van der Waals surface area contributed by atoms with E-state index in [0.717, 1.165) is 12.8 Å². The highest BCUT2D eigenvalue weighted by Gasteiger charge is 2.39. The van der Waals surface area contributed by atoms with Crippen LogP contribution in [0.15, 0.2) is 0 Å². The topological polar surface area (TPSA) is 72.6 Å². The minimum atomic E-state index is -0.899. The van der Waals surface area contributed by atoms with Crippen molar-refractivity contribution in [1.82, 2.24) is 4.90 Å². The van der Waals surface area contributed by atoms with Gasteiger partial charge in [-0.15, -0.1) is 0 Å². The second kappa shape index (κ2) is 5.49. The Bertz CT molecular complexity index is 302. The minimum Gasteiger partial charge on any atom is -0.467 e. The monoisotopic (exact) mass is 242 g/mol. The molecule has 2 N–H and O–H groups in total. The first-order chi connectivity index (χ1) is 7.94. The Labute approximate surface area is 102 Å². The van der Waals surface area contributed by atoms with Crippen molar-refractivity contribution in [2.75, 3.05) is 13.7 Å². The van der Waals surface area contributed by atoms with Crippen molar-refractivity contribution in [2.24, 2.45) is 5.73 Å². The molecular weight excluding hydrogens is 220 g/mol. The summed E-state index contributed by atoms with van der Waals surface area (Å²) in [5.74, 6) is -0.500. The highest BCUT2D eigenvalue weighted by molar-refractivity contribution is 5.90. The lowest BCUT2D eigenvalue weighted by Crippen LogP contribution is -2.58. The fourth-order valence-corrected chi connectivity index (χ4v) is 2.04. The van der Waals surface area contributed by atoms with E-state index >= 15 is 0 Å². The number of piperidine rings is 1. The van der Waals surface area contributed by atoms with Gasteiger partial charge >= 0.3 is 5.97 Å². The molecule has 1 saturated heterocycles. The van der Waals surface area contributed by atoms with Gasteiger partial charge in [0.25, 0.3) is 0 Å². The summed E-state index contributed by atoms with van der Waals surface area (Å²) in [7, 11) is 1.35. The van der Waals surface area contributed by atoms with E-state index in [4.69, 9.17) is 10.5 Å². The SMILES string of the molecule is CCC(C)(N)C(=O)N1CCCCC1C(=O)OC. The number of amides is 1. The Balaban J connectivity index is 2.85. The summed E-state index contributed by atoms with van der Waals surface area (Å²) in [4.78, 5) is 25.5. The fourth-order valence-electron chi connectivity index (χ4n) is 2.04. The number of ether oxygens (including phenoxy) is 1. The van der Waals surface area contributed by atoms with Crippen molar-refractivity contribution in [3.05, 3.63) is 0 Å². The number of nitrogens with two attached hydrogens (primary N) is 1. The van der Waals surface area contributed by atoms with Crippen LogP contribution in [-0.4, -0.2) is 42.0 Å². The number of nitrogens with zero attached hydrogens (tertiary/aromatic N) is 1. The fraction of sp³-hybridized carbons (Fsp3) is 0.833. The lowest BCUT2D eigenvalue weighted by Gasteiger charge is -2.38. The Kier molecular flexibility index (Phi) is 4.51. The molecule has 0 bridgehead atoms. The standard InChI is InChI=1S/C12H22N2O3/c1-4-12(2,13)11(16)14-8-6-5-7-9(14)10(15)17-3/h9H,4-8,13H2,1-3H3. The van der Waals surface area contributed by atoms with Crippen molar-refractivity contribution in [3.8, 4) is 0 Å². The third-order valence-electron chi connectivity index (χ3n) is 3.46. The van der Waals surface area contributed by atoms with Gasteiger partial charge in [-0.1, -0.05) is 6.92 Å². The van der Waals surface area contributed by atoms with Gasteiger partial charge in [-0.25, -0.2) is 4.79 Å². The largest absolute Gasteiger partial charge is 0.467 e. The van der Waals surface area contributed by atoms with Crippen LogP contribution in [0.2, 0.25) is 0 Å². The van der Waals surface area contributed by atoms with Gasteiger partial charge in [-0.3, -0.25) is 4.79 Å². The van der Waals surface area contributed by atoms with E-state index in [1.165, 1.54) is 7.11 Å². The summed E-state index contributed by atoms with van der Waals surface area (Å²) in [6.45, 7) is 4.17. The van der Waals surface area contributed by atoms with E-state index in [2.05, 4.69) is 0 Å². The van der Waals surface area contributed by atoms with Crippen LogP contribution in [0.1, 0.15) is 39.5 Å². The number of hydrogen-bond acceptors (Lipinski definition) is 4. The van der Waals surface area contributed by atoms with Crippen molar-refractivity contribution in [2.45, 2.75) is 51.1 Å². The van der Waals surface area contributed by atoms with Gasteiger partial charge in [0.1, 0.15) is 6.04 Å². The predicted molar refractivity (Wildman–Crippen MR) is 64.3 cm³/mol. The first-order valence-electron chi connectivity index (χ1n) is 6.11. The molecule has 0 radical (unpaired) electrons. The number of methoxy groups -OCH3 is 1. The summed E-state index contributed by atoms with van der Waals surface area (Å²) >= 11 is 0. The van der Waals surface area contributed by atoms with Gasteiger partial charge in [0.15, 0.2) is 0 Å². The Morgan fingerprint density at radius 1 is 1.47 bits per heavy atom. The van der Waals surface area contributed by atoms with Crippen molar-refractivity contribution in [3.63, 3.8) is 0 Å². The molecule has 0 aromatic heterocycles. The maximum absolute atomic E-state index is 12.3. The first kappa shape index (κ1) is 14.0. The van der Waals surface area contributed by atoms with E-state index in [1.807, 2.05) is 6.92 Å². The van der Waals surface area contributed by atoms with Gasteiger partial charge in [-0.2, -0.15) is 0 Å². The van der Waals surface area contributed by atoms with Crippen LogP contribution < -0.4 is 5.73 Å². The molecule has 1 rings (SSSR count). The lowest BCUT2D eigenvalue weighted by atomic mass is 9.94. The van der Waals surface area contributed by atoms with Crippen LogP contribution in [0.4, 0.5) is 0 Å². The molecule has 1 heterocycles. The highest BCUT2D eigenvalue weighted by Crippen LogP contribution is 2.22. The molecule has 1 aliphatic heterocycles. The zero-order chi connectivity index (χ0) is 13.1. The molecular formula is C12H22N2O3. The van der Waals surface area contributed by atoms with Crippen LogP contribution >= 0.6 is 0 Å². The number of carbonyl (C=O) groups excluding carboxylic acids is 2. The van der Waals surface area contributed by atoms with Crippen LogP contribution in [0.3, 0.4) is 0 Å². The molecule has 0 aromatic rings. The molecule has 5 heteroatoms. The molecule has 5 nitrogen and oxygen atoms in total. The van der Waals surface area contributed by atoms with Gasteiger partial charge in [0.05, 0.1) is 12.6 Å². The summed E-state index contributed by atoms with van der Waals surface area (Å²) in [5.41, 5.74) is 5.05. The molecule has 1 aliphatic rings. The van der Waals surface area contributed by atoms with Gasteiger partial charge < -0.3 is 15.4 Å². The third kappa shape index (κ3) is 2.97. The predicted octanol–water partition coefficient (Wildman–Crippen LogP) is 0.668. The summed E-state index contributed by atoms with van der Waals surface area (Å²) in [5, 5.41) is 0. The molecule has 0 saturated carbocycles. The van der Waals surface area contributed by atoms with Gasteiger partial charge in [0.2, 0.25) is 5.91 Å². The number of esters is 1. The van der Waals surface area contributed by atoms with Gasteiger partial charge in [-0.05, 0) is 32.6 Å². The maximum Gasteiger partial charge on any atom is 0.328 e. The average molecular weight is 242 g/mol. The molecule has 1 fully saturated rings. The van der Waals surface area contributed by atoms with E-state index in [9.17, 15) is 9.59 Å². The summed E-state index contributed by atoms with van der Waals surface area (Å²) < 4.78 is 4.74. The Morgan fingerprint density at radius 3 is 2.65 bits per heavy atom. The van der Waals surface area contributed by atoms with E-state index < -0.39 is 11.6 Å². The normalized spacial score (nSPS) is 24.0. The highest BCUT2D eigenvalue weighted by atomic mass is 16.5. The van der Waals surface area contributed by atoms with Crippen LogP contribution in [0.5, 0.6) is 0 Å². The van der Waals surface area contributed by atoms with Crippen LogP contribution in [0, 0.1) is 0 Å². The van der Waals surface area contributed by atoms with E-state index in [1.54, 1.807) is 11.8 Å². The van der Waals surface area contributed by atoms with Gasteiger partial charge in [0, 0.05) is 6.54 Å². The van der Waals surface area contributed by atoms with Crippen molar-refractivity contribution in [1.29, 1.82) is 0 Å². The van der Waals surface area contributed by atoms with Crippen molar-refractivity contribution >= 4 is 11.9 Å². The average Bonchev–Trinajstić information content (AvgIpc) is 2.36. The molecule has 0 aliphatic carbocycles. The smallest absolute Gasteiger partial charge is 0.328 e.